The highest BCUT2D eigenvalue weighted by molar-refractivity contribution is 5.85. The van der Waals surface area contributed by atoms with Gasteiger partial charge < -0.3 is 5.11 Å². The fraction of sp³-hybridized carbons (Fsp3) is 0.556. The highest BCUT2D eigenvalue weighted by Gasteiger charge is 2.63. The molecule has 72 valence electrons. The minimum atomic E-state index is -0.832. The Morgan fingerprint density at radius 1 is 1.54 bits per heavy atom. The first-order valence-corrected chi connectivity index (χ1v) is 3.74. The predicted molar refractivity (Wildman–Crippen MR) is 50.4 cm³/mol. The van der Waals surface area contributed by atoms with Gasteiger partial charge in [-0.15, -0.1) is 12.4 Å². The van der Waals surface area contributed by atoms with Crippen LogP contribution in [0.1, 0.15) is 13.8 Å². The Morgan fingerprint density at radius 2 is 2.00 bits per heavy atom. The van der Waals surface area contributed by atoms with E-state index in [1.807, 2.05) is 19.9 Å². The molecule has 0 spiro atoms. The van der Waals surface area contributed by atoms with Crippen molar-refractivity contribution in [3.05, 3.63) is 12.2 Å². The van der Waals surface area contributed by atoms with Gasteiger partial charge in [0.25, 0.3) is 0 Å². The second-order valence-corrected chi connectivity index (χ2v) is 3.75. The molecule has 0 aliphatic heterocycles. The Hall–Kier alpha value is -1.01. The van der Waals surface area contributed by atoms with Crippen LogP contribution in [0.3, 0.4) is 0 Å². The highest BCUT2D eigenvalue weighted by atomic mass is 35.5. The van der Waals surface area contributed by atoms with E-state index in [1.54, 1.807) is 0 Å². The molecule has 0 heterocycles. The molecule has 0 aromatic carbocycles. The third-order valence-corrected chi connectivity index (χ3v) is 2.61. The second-order valence-electron chi connectivity index (χ2n) is 3.75. The van der Waals surface area contributed by atoms with Crippen LogP contribution in [0.5, 0.6) is 0 Å². The molecule has 1 fully saturated rings. The summed E-state index contributed by atoms with van der Waals surface area (Å²) >= 11 is 0. The van der Waals surface area contributed by atoms with Gasteiger partial charge in [-0.05, 0) is 5.41 Å². The Labute approximate surface area is 83.5 Å². The lowest BCUT2D eigenvalue weighted by Gasteiger charge is -1.97. The Morgan fingerprint density at radius 3 is 2.23 bits per heavy atom. The first-order valence-electron chi connectivity index (χ1n) is 3.74. The molecule has 1 aliphatic carbocycles. The van der Waals surface area contributed by atoms with E-state index in [9.17, 15) is 4.79 Å². The molecule has 0 radical (unpaired) electrons. The van der Waals surface area contributed by atoms with Gasteiger partial charge in [-0.2, -0.15) is 5.26 Å². The Bertz CT molecular complexity index is 290. The molecule has 4 heteroatoms. The third-order valence-electron chi connectivity index (χ3n) is 2.61. The van der Waals surface area contributed by atoms with Gasteiger partial charge in [0, 0.05) is 11.5 Å². The van der Waals surface area contributed by atoms with Gasteiger partial charge in [0.15, 0.2) is 0 Å². The Kier molecular flexibility index (Phi) is 3.13. The lowest BCUT2D eigenvalue weighted by Crippen LogP contribution is -2.03. The fourth-order valence-corrected chi connectivity index (χ4v) is 1.82. The number of carboxylic acid groups (broad SMARTS) is 1. The molecule has 1 N–H and O–H groups in total. The molecule has 0 saturated heterocycles. The number of allylic oxidation sites excluding steroid dienone is 1. The van der Waals surface area contributed by atoms with Gasteiger partial charge in [-0.25, -0.2) is 0 Å². The van der Waals surface area contributed by atoms with E-state index in [4.69, 9.17) is 10.4 Å². The molecule has 2 unspecified atom stereocenters. The molecule has 1 aliphatic rings. The van der Waals surface area contributed by atoms with Crippen molar-refractivity contribution in [3.8, 4) is 6.07 Å². The van der Waals surface area contributed by atoms with Gasteiger partial charge in [0.05, 0.1) is 12.0 Å². The van der Waals surface area contributed by atoms with Crippen LogP contribution in [-0.4, -0.2) is 11.1 Å². The topological polar surface area (TPSA) is 61.1 Å². The van der Waals surface area contributed by atoms with Crippen LogP contribution < -0.4 is 0 Å². The summed E-state index contributed by atoms with van der Waals surface area (Å²) in [6.45, 7) is 7.23. The maximum atomic E-state index is 10.7. The summed E-state index contributed by atoms with van der Waals surface area (Å²) in [7, 11) is 0. The van der Waals surface area contributed by atoms with Crippen LogP contribution in [-0.2, 0) is 4.79 Å². The first-order chi connectivity index (χ1) is 5.42. The monoisotopic (exact) mass is 201 g/mol. The van der Waals surface area contributed by atoms with E-state index in [0.717, 1.165) is 0 Å². The SMILES string of the molecule is C=C(C#N)C1C(C(=O)O)C1(C)C.Cl. The maximum absolute atomic E-state index is 10.7. The molecule has 1 rings (SSSR count). The quantitative estimate of drug-likeness (QED) is 0.694. The third kappa shape index (κ3) is 1.68. The number of aliphatic carboxylic acids is 1. The molecule has 0 bridgehead atoms. The van der Waals surface area contributed by atoms with Gasteiger partial charge in [0.2, 0.25) is 0 Å². The zero-order valence-electron chi connectivity index (χ0n) is 7.57. The normalized spacial score (nSPS) is 28.1. The molecule has 13 heavy (non-hydrogen) atoms. The van der Waals surface area contributed by atoms with E-state index in [0.29, 0.717) is 5.57 Å². The van der Waals surface area contributed by atoms with E-state index < -0.39 is 11.9 Å². The number of carbonyl (C=O) groups is 1. The van der Waals surface area contributed by atoms with Gasteiger partial charge >= 0.3 is 5.97 Å². The highest BCUT2D eigenvalue weighted by Crippen LogP contribution is 2.61. The largest absolute Gasteiger partial charge is 0.481 e. The molecule has 1 saturated carbocycles. The standard InChI is InChI=1S/C9H11NO2.ClH/c1-5(4-10)6-7(8(11)12)9(6,2)3;/h6-7H,1H2,2-3H3,(H,11,12);1H. The van der Waals surface area contributed by atoms with Crippen molar-refractivity contribution in [2.24, 2.45) is 17.3 Å². The summed E-state index contributed by atoms with van der Waals surface area (Å²) in [5.41, 5.74) is 0.0888. The van der Waals surface area contributed by atoms with Crippen molar-refractivity contribution in [1.29, 1.82) is 5.26 Å². The first kappa shape index (κ1) is 12.0. The van der Waals surface area contributed by atoms with E-state index in [1.165, 1.54) is 0 Å². The zero-order chi connectivity index (χ0) is 9.52. The number of rotatable bonds is 2. The second kappa shape index (κ2) is 3.39. The van der Waals surface area contributed by atoms with Crippen molar-refractivity contribution in [3.63, 3.8) is 0 Å². The minimum absolute atomic E-state index is 0. The smallest absolute Gasteiger partial charge is 0.307 e. The molecule has 0 aromatic heterocycles. The number of halogens is 1. The number of hydrogen-bond acceptors (Lipinski definition) is 2. The number of carboxylic acids is 1. The van der Waals surface area contributed by atoms with Crippen molar-refractivity contribution in [2.45, 2.75) is 13.8 Å². The van der Waals surface area contributed by atoms with Crippen LogP contribution in [0, 0.1) is 28.6 Å². The van der Waals surface area contributed by atoms with Crippen LogP contribution in [0.25, 0.3) is 0 Å². The summed E-state index contributed by atoms with van der Waals surface area (Å²) in [5.74, 6) is -1.42. The summed E-state index contributed by atoms with van der Waals surface area (Å²) in [6, 6.07) is 1.91. The molecular formula is C9H12ClNO2. The fourth-order valence-electron chi connectivity index (χ4n) is 1.82. The molecule has 0 amide bonds. The summed E-state index contributed by atoms with van der Waals surface area (Å²) in [4.78, 5) is 10.7. The number of nitriles is 1. The summed E-state index contributed by atoms with van der Waals surface area (Å²) in [5, 5.41) is 17.3. The lowest BCUT2D eigenvalue weighted by atomic mass is 10.1. The van der Waals surface area contributed by atoms with Crippen LogP contribution in [0.15, 0.2) is 12.2 Å². The molecule has 3 nitrogen and oxygen atoms in total. The lowest BCUT2D eigenvalue weighted by molar-refractivity contribution is -0.139. The average Bonchev–Trinajstić information content (AvgIpc) is 2.52. The summed E-state index contributed by atoms with van der Waals surface area (Å²) < 4.78 is 0. The van der Waals surface area contributed by atoms with Crippen molar-refractivity contribution < 1.29 is 9.90 Å². The minimum Gasteiger partial charge on any atom is -0.481 e. The predicted octanol–water partition coefficient (Wildman–Crippen LogP) is 1.84. The average molecular weight is 202 g/mol. The van der Waals surface area contributed by atoms with Crippen LogP contribution >= 0.6 is 12.4 Å². The number of nitrogens with zero attached hydrogens (tertiary/aromatic N) is 1. The van der Waals surface area contributed by atoms with Gasteiger partial charge in [-0.1, -0.05) is 20.4 Å². The molecule has 2 atom stereocenters. The van der Waals surface area contributed by atoms with Gasteiger partial charge in [0.1, 0.15) is 0 Å². The maximum Gasteiger partial charge on any atom is 0.307 e. The number of hydrogen-bond donors (Lipinski definition) is 1. The van der Waals surface area contributed by atoms with Crippen molar-refractivity contribution in [1.82, 2.24) is 0 Å². The van der Waals surface area contributed by atoms with E-state index in [-0.39, 0.29) is 23.7 Å². The van der Waals surface area contributed by atoms with Crippen molar-refractivity contribution in [2.75, 3.05) is 0 Å². The van der Waals surface area contributed by atoms with Gasteiger partial charge in [-0.3, -0.25) is 4.79 Å². The van der Waals surface area contributed by atoms with Crippen LogP contribution in [0.2, 0.25) is 0 Å². The molecule has 0 aromatic rings. The van der Waals surface area contributed by atoms with E-state index in [2.05, 4.69) is 6.58 Å². The van der Waals surface area contributed by atoms with E-state index >= 15 is 0 Å². The zero-order valence-corrected chi connectivity index (χ0v) is 8.39. The van der Waals surface area contributed by atoms with Crippen molar-refractivity contribution >= 4 is 18.4 Å². The summed E-state index contributed by atoms with van der Waals surface area (Å²) in [6.07, 6.45) is 0. The Balaban J connectivity index is 0.00000144. The van der Waals surface area contributed by atoms with Crippen LogP contribution in [0.4, 0.5) is 0 Å². The molecular weight excluding hydrogens is 190 g/mol.